The summed E-state index contributed by atoms with van der Waals surface area (Å²) in [5.41, 5.74) is 2.64. The molecular weight excluding hydrogens is 416 g/mol. The van der Waals surface area contributed by atoms with E-state index in [2.05, 4.69) is 15.5 Å². The van der Waals surface area contributed by atoms with Gasteiger partial charge in [0.05, 0.1) is 10.7 Å². The molecule has 0 saturated carbocycles. The molecule has 31 heavy (non-hydrogen) atoms. The number of urea groups is 1. The number of piperazine rings is 1. The van der Waals surface area contributed by atoms with E-state index in [1.54, 1.807) is 0 Å². The molecule has 2 N–H and O–H groups in total. The normalized spacial score (nSPS) is 18.7. The summed E-state index contributed by atoms with van der Waals surface area (Å²) < 4.78 is 5.42. The number of ether oxygens (including phenoxy) is 1. The number of carbonyl (C=O) groups is 2. The van der Waals surface area contributed by atoms with Crippen LogP contribution in [0.2, 0.25) is 5.02 Å². The van der Waals surface area contributed by atoms with Gasteiger partial charge < -0.3 is 25.2 Å². The molecule has 2 aliphatic rings. The third kappa shape index (κ3) is 5.48. The topological polar surface area (TPSA) is 73.9 Å². The second-order valence-electron chi connectivity index (χ2n) is 7.78. The lowest BCUT2D eigenvalue weighted by molar-refractivity contribution is -0.124. The Bertz CT molecular complexity index is 925. The van der Waals surface area contributed by atoms with Crippen molar-refractivity contribution >= 4 is 34.9 Å². The van der Waals surface area contributed by atoms with Crippen LogP contribution in [0.1, 0.15) is 18.4 Å². The zero-order chi connectivity index (χ0) is 21.6. The van der Waals surface area contributed by atoms with Gasteiger partial charge in [-0.2, -0.15) is 0 Å². The predicted molar refractivity (Wildman–Crippen MR) is 122 cm³/mol. The van der Waals surface area contributed by atoms with Crippen molar-refractivity contribution in [3.63, 3.8) is 0 Å². The van der Waals surface area contributed by atoms with Gasteiger partial charge in [-0.15, -0.1) is 0 Å². The second kappa shape index (κ2) is 10.0. The van der Waals surface area contributed by atoms with Crippen molar-refractivity contribution in [3.05, 3.63) is 59.1 Å². The summed E-state index contributed by atoms with van der Waals surface area (Å²) in [5, 5.41) is 6.60. The molecular formula is C23H27ClN4O3. The first-order valence-electron chi connectivity index (χ1n) is 10.6. The number of nitrogens with zero attached hydrogens (tertiary/aromatic N) is 2. The van der Waals surface area contributed by atoms with Crippen LogP contribution < -0.4 is 15.5 Å². The van der Waals surface area contributed by atoms with Crippen LogP contribution in [0.4, 0.5) is 16.2 Å². The van der Waals surface area contributed by atoms with Gasteiger partial charge in [0.15, 0.2) is 0 Å². The SMILES string of the molecule is O=C(Nc1cccc(CNC(=O)N2CCN(c3ccccc3Cl)CC2)c1)C1CCCO1. The first-order chi connectivity index (χ1) is 15.1. The van der Waals surface area contributed by atoms with Gasteiger partial charge in [-0.05, 0) is 42.7 Å². The van der Waals surface area contributed by atoms with Crippen LogP contribution in [0.25, 0.3) is 0 Å². The van der Waals surface area contributed by atoms with E-state index in [1.807, 2.05) is 53.4 Å². The van der Waals surface area contributed by atoms with E-state index >= 15 is 0 Å². The monoisotopic (exact) mass is 442 g/mol. The molecule has 0 aromatic heterocycles. The van der Waals surface area contributed by atoms with Crippen LogP contribution in [0, 0.1) is 0 Å². The molecule has 1 unspecified atom stereocenters. The maximum atomic E-state index is 12.6. The number of rotatable bonds is 5. The Morgan fingerprint density at radius 3 is 2.61 bits per heavy atom. The van der Waals surface area contributed by atoms with Gasteiger partial charge in [0.1, 0.15) is 6.10 Å². The number of amides is 3. The Morgan fingerprint density at radius 1 is 1.06 bits per heavy atom. The average Bonchev–Trinajstić information content (AvgIpc) is 3.34. The van der Waals surface area contributed by atoms with E-state index in [0.717, 1.165) is 42.2 Å². The Labute approximate surface area is 187 Å². The zero-order valence-corrected chi connectivity index (χ0v) is 18.1. The molecule has 3 amide bonds. The summed E-state index contributed by atoms with van der Waals surface area (Å²) in [6, 6.07) is 15.2. The van der Waals surface area contributed by atoms with Crippen LogP contribution >= 0.6 is 11.6 Å². The van der Waals surface area contributed by atoms with Gasteiger partial charge >= 0.3 is 6.03 Å². The third-order valence-electron chi connectivity index (χ3n) is 5.62. The summed E-state index contributed by atoms with van der Waals surface area (Å²) in [4.78, 5) is 28.8. The van der Waals surface area contributed by atoms with Crippen molar-refractivity contribution in [1.82, 2.24) is 10.2 Å². The minimum absolute atomic E-state index is 0.0902. The molecule has 1 atom stereocenters. The second-order valence-corrected chi connectivity index (χ2v) is 8.18. The Kier molecular flexibility index (Phi) is 6.94. The molecule has 0 aliphatic carbocycles. The smallest absolute Gasteiger partial charge is 0.317 e. The largest absolute Gasteiger partial charge is 0.368 e. The van der Waals surface area contributed by atoms with Crippen molar-refractivity contribution in [2.75, 3.05) is 43.0 Å². The summed E-state index contributed by atoms with van der Waals surface area (Å²) in [6.07, 6.45) is 1.30. The van der Waals surface area contributed by atoms with Crippen LogP contribution in [0.5, 0.6) is 0 Å². The number of hydrogen-bond donors (Lipinski definition) is 2. The quantitative estimate of drug-likeness (QED) is 0.743. The highest BCUT2D eigenvalue weighted by atomic mass is 35.5. The standard InChI is InChI=1S/C23H27ClN4O3/c24-19-7-1-2-8-20(19)27-10-12-28(13-11-27)23(30)25-16-17-5-3-6-18(15-17)26-22(29)21-9-4-14-31-21/h1-3,5-8,15,21H,4,9-14,16H2,(H,25,30)(H,26,29). The highest BCUT2D eigenvalue weighted by Crippen LogP contribution is 2.26. The lowest BCUT2D eigenvalue weighted by atomic mass is 10.2. The predicted octanol–water partition coefficient (Wildman–Crippen LogP) is 3.49. The van der Waals surface area contributed by atoms with Crippen LogP contribution in [-0.2, 0) is 16.1 Å². The molecule has 2 aromatic rings. The van der Waals surface area contributed by atoms with Crippen LogP contribution in [0.3, 0.4) is 0 Å². The third-order valence-corrected chi connectivity index (χ3v) is 5.94. The number of carbonyl (C=O) groups excluding carboxylic acids is 2. The highest BCUT2D eigenvalue weighted by Gasteiger charge is 2.24. The summed E-state index contributed by atoms with van der Waals surface area (Å²) in [5.74, 6) is -0.116. The number of halogens is 1. The van der Waals surface area contributed by atoms with Gasteiger partial charge in [0.2, 0.25) is 0 Å². The van der Waals surface area contributed by atoms with Crippen molar-refractivity contribution in [3.8, 4) is 0 Å². The molecule has 0 bridgehead atoms. The van der Waals surface area contributed by atoms with Gasteiger partial charge in [0.25, 0.3) is 5.91 Å². The molecule has 8 heteroatoms. The van der Waals surface area contributed by atoms with E-state index in [9.17, 15) is 9.59 Å². The molecule has 2 heterocycles. The van der Waals surface area contributed by atoms with E-state index in [1.165, 1.54) is 0 Å². The molecule has 2 saturated heterocycles. The molecule has 2 aliphatic heterocycles. The maximum Gasteiger partial charge on any atom is 0.317 e. The van der Waals surface area contributed by atoms with Crippen molar-refractivity contribution in [2.45, 2.75) is 25.5 Å². The van der Waals surface area contributed by atoms with Gasteiger partial charge in [0, 0.05) is 45.0 Å². The van der Waals surface area contributed by atoms with Crippen molar-refractivity contribution < 1.29 is 14.3 Å². The van der Waals surface area contributed by atoms with Gasteiger partial charge in [-0.1, -0.05) is 35.9 Å². The van der Waals surface area contributed by atoms with Gasteiger partial charge in [-0.3, -0.25) is 4.79 Å². The summed E-state index contributed by atoms with van der Waals surface area (Å²) in [7, 11) is 0. The molecule has 2 fully saturated rings. The number of anilines is 2. The van der Waals surface area contributed by atoms with Crippen LogP contribution in [0.15, 0.2) is 48.5 Å². The molecule has 7 nitrogen and oxygen atoms in total. The molecule has 0 spiro atoms. The summed E-state index contributed by atoms with van der Waals surface area (Å²) in [6.45, 7) is 3.77. The van der Waals surface area contributed by atoms with Crippen molar-refractivity contribution in [1.29, 1.82) is 0 Å². The Morgan fingerprint density at radius 2 is 1.87 bits per heavy atom. The first-order valence-corrected chi connectivity index (χ1v) is 11.0. The van der Waals surface area contributed by atoms with Crippen LogP contribution in [-0.4, -0.2) is 55.7 Å². The lowest BCUT2D eigenvalue weighted by Gasteiger charge is -2.36. The molecule has 2 aromatic carbocycles. The number of hydrogen-bond acceptors (Lipinski definition) is 4. The van der Waals surface area contributed by atoms with E-state index in [4.69, 9.17) is 16.3 Å². The first kappa shape index (κ1) is 21.5. The minimum Gasteiger partial charge on any atom is -0.368 e. The lowest BCUT2D eigenvalue weighted by Crippen LogP contribution is -2.51. The van der Waals surface area contributed by atoms with E-state index < -0.39 is 0 Å². The number of benzene rings is 2. The van der Waals surface area contributed by atoms with E-state index in [-0.39, 0.29) is 18.0 Å². The fraction of sp³-hybridized carbons (Fsp3) is 0.391. The Balaban J connectivity index is 1.25. The number of nitrogens with one attached hydrogen (secondary N) is 2. The number of para-hydroxylation sites is 1. The minimum atomic E-state index is -0.368. The van der Waals surface area contributed by atoms with Gasteiger partial charge in [-0.25, -0.2) is 4.79 Å². The fourth-order valence-electron chi connectivity index (χ4n) is 3.91. The molecule has 0 radical (unpaired) electrons. The average molecular weight is 443 g/mol. The van der Waals surface area contributed by atoms with E-state index in [0.29, 0.717) is 31.9 Å². The zero-order valence-electron chi connectivity index (χ0n) is 17.4. The maximum absolute atomic E-state index is 12.6. The Hall–Kier alpha value is -2.77. The summed E-state index contributed by atoms with van der Waals surface area (Å²) >= 11 is 6.29. The fourth-order valence-corrected chi connectivity index (χ4v) is 4.17. The highest BCUT2D eigenvalue weighted by molar-refractivity contribution is 6.33. The van der Waals surface area contributed by atoms with Crippen molar-refractivity contribution in [2.24, 2.45) is 0 Å². The molecule has 164 valence electrons. The molecule has 4 rings (SSSR count).